The van der Waals surface area contributed by atoms with E-state index in [1.165, 1.54) is 19.3 Å². The molecule has 0 saturated heterocycles. The lowest BCUT2D eigenvalue weighted by molar-refractivity contribution is -0.280. The summed E-state index contributed by atoms with van der Waals surface area (Å²) in [5.41, 5.74) is 2.75. The van der Waals surface area contributed by atoms with Crippen molar-refractivity contribution in [2.75, 3.05) is 26.0 Å². The second-order valence-electron chi connectivity index (χ2n) is 5.33. The Balaban J connectivity index is 2.16. The minimum absolute atomic E-state index is 0.0209. The summed E-state index contributed by atoms with van der Waals surface area (Å²) in [7, 11) is 2.90. The number of rotatable bonds is 9. The van der Waals surface area contributed by atoms with Gasteiger partial charge in [-0.3, -0.25) is 4.84 Å². The van der Waals surface area contributed by atoms with Gasteiger partial charge in [-0.25, -0.2) is 14.8 Å². The Morgan fingerprint density at radius 3 is 2.41 bits per heavy atom. The van der Waals surface area contributed by atoms with E-state index in [0.717, 1.165) is 11.1 Å². The van der Waals surface area contributed by atoms with Crippen LogP contribution in [0.15, 0.2) is 41.6 Å². The average Bonchev–Trinajstić information content (AvgIpc) is 2.63. The minimum Gasteiger partial charge on any atom is -0.391 e. The SMILES string of the molecule is COOCN(OC)c1c(Cl)cccc1CON=C(C)c1cc(Cl)cc(Cl)c1. The highest BCUT2D eigenvalue weighted by Gasteiger charge is 2.16. The van der Waals surface area contributed by atoms with E-state index in [9.17, 15) is 0 Å². The van der Waals surface area contributed by atoms with Gasteiger partial charge >= 0.3 is 0 Å². The summed E-state index contributed by atoms with van der Waals surface area (Å²) in [5.74, 6) is 0. The van der Waals surface area contributed by atoms with Crippen molar-refractivity contribution in [2.24, 2.45) is 5.16 Å². The number of benzene rings is 2. The number of hydroxylamine groups is 1. The maximum atomic E-state index is 6.32. The summed E-state index contributed by atoms with van der Waals surface area (Å²) >= 11 is 18.4. The maximum absolute atomic E-state index is 6.32. The number of hydrogen-bond acceptors (Lipinski definition) is 6. The first-order valence-electron chi connectivity index (χ1n) is 7.84. The topological polar surface area (TPSA) is 52.5 Å². The summed E-state index contributed by atoms with van der Waals surface area (Å²) in [6.07, 6.45) is 0. The standard InChI is InChI=1S/C18H19Cl3N2O4/c1-12(14-7-15(19)9-16(20)8-14)22-26-10-13-5-4-6-17(21)18(13)23(24-2)11-27-25-3/h4-9H,10-11H2,1-3H3. The molecule has 0 N–H and O–H groups in total. The quantitative estimate of drug-likeness (QED) is 0.226. The number of anilines is 1. The highest BCUT2D eigenvalue weighted by Crippen LogP contribution is 2.31. The molecule has 0 unspecified atom stereocenters. The van der Waals surface area contributed by atoms with Gasteiger partial charge in [0, 0.05) is 21.2 Å². The Kier molecular flexibility index (Phi) is 8.63. The van der Waals surface area contributed by atoms with Crippen LogP contribution >= 0.6 is 34.8 Å². The van der Waals surface area contributed by atoms with Gasteiger partial charge in [-0.15, -0.1) is 0 Å². The first kappa shape index (κ1) is 21.8. The molecule has 0 heterocycles. The maximum Gasteiger partial charge on any atom is 0.178 e. The molecule has 2 aromatic carbocycles. The zero-order chi connectivity index (χ0) is 19.8. The molecule has 0 atom stereocenters. The summed E-state index contributed by atoms with van der Waals surface area (Å²) in [6.45, 7) is 1.98. The van der Waals surface area contributed by atoms with Crippen molar-refractivity contribution < 1.29 is 19.5 Å². The van der Waals surface area contributed by atoms with E-state index in [1.54, 1.807) is 31.2 Å². The molecule has 2 aromatic rings. The summed E-state index contributed by atoms with van der Waals surface area (Å²) in [4.78, 5) is 20.3. The van der Waals surface area contributed by atoms with Gasteiger partial charge in [0.1, 0.15) is 6.61 Å². The average molecular weight is 434 g/mol. The highest BCUT2D eigenvalue weighted by atomic mass is 35.5. The zero-order valence-electron chi connectivity index (χ0n) is 15.0. The van der Waals surface area contributed by atoms with Gasteiger partial charge in [0.15, 0.2) is 6.73 Å². The number of oxime groups is 1. The first-order valence-corrected chi connectivity index (χ1v) is 8.97. The Morgan fingerprint density at radius 2 is 1.78 bits per heavy atom. The molecule has 2 rings (SSSR count). The van der Waals surface area contributed by atoms with Crippen molar-refractivity contribution in [3.63, 3.8) is 0 Å². The van der Waals surface area contributed by atoms with E-state index >= 15 is 0 Å². The molecular formula is C18H19Cl3N2O4. The molecule has 9 heteroatoms. The van der Waals surface area contributed by atoms with E-state index in [-0.39, 0.29) is 13.3 Å². The zero-order valence-corrected chi connectivity index (χ0v) is 17.3. The van der Waals surface area contributed by atoms with Crippen LogP contribution in [0.3, 0.4) is 0 Å². The van der Waals surface area contributed by atoms with Crippen LogP contribution in [0.5, 0.6) is 0 Å². The molecule has 0 saturated carbocycles. The van der Waals surface area contributed by atoms with Crippen molar-refractivity contribution in [2.45, 2.75) is 13.5 Å². The van der Waals surface area contributed by atoms with Gasteiger partial charge in [0.25, 0.3) is 0 Å². The number of hydrogen-bond donors (Lipinski definition) is 0. The molecule has 0 aromatic heterocycles. The molecule has 0 amide bonds. The predicted molar refractivity (Wildman–Crippen MR) is 107 cm³/mol. The monoisotopic (exact) mass is 432 g/mol. The fourth-order valence-electron chi connectivity index (χ4n) is 2.28. The lowest BCUT2D eigenvalue weighted by atomic mass is 10.1. The lowest BCUT2D eigenvalue weighted by Crippen LogP contribution is -2.26. The van der Waals surface area contributed by atoms with Crippen molar-refractivity contribution in [1.82, 2.24) is 0 Å². The highest BCUT2D eigenvalue weighted by molar-refractivity contribution is 6.35. The Morgan fingerprint density at radius 1 is 1.07 bits per heavy atom. The van der Waals surface area contributed by atoms with Gasteiger partial charge in [-0.2, -0.15) is 0 Å². The van der Waals surface area contributed by atoms with E-state index in [0.29, 0.717) is 26.5 Å². The van der Waals surface area contributed by atoms with Crippen LogP contribution in [0.4, 0.5) is 5.69 Å². The van der Waals surface area contributed by atoms with Gasteiger partial charge in [-0.05, 0) is 31.2 Å². The largest absolute Gasteiger partial charge is 0.391 e. The van der Waals surface area contributed by atoms with E-state index in [2.05, 4.69) is 10.0 Å². The first-order chi connectivity index (χ1) is 13.0. The summed E-state index contributed by atoms with van der Waals surface area (Å²) in [5, 5.41) is 7.10. The van der Waals surface area contributed by atoms with Crippen LogP contribution < -0.4 is 5.06 Å². The van der Waals surface area contributed by atoms with Crippen molar-refractivity contribution in [1.29, 1.82) is 0 Å². The van der Waals surface area contributed by atoms with E-state index < -0.39 is 0 Å². The molecule has 0 aliphatic carbocycles. The third-order valence-electron chi connectivity index (χ3n) is 3.53. The predicted octanol–water partition coefficient (Wildman–Crippen LogP) is 5.49. The minimum atomic E-state index is 0.0209. The Bertz CT molecular complexity index is 782. The molecule has 0 aliphatic heterocycles. The molecule has 0 bridgehead atoms. The van der Waals surface area contributed by atoms with Gasteiger partial charge in [0.05, 0.1) is 30.6 Å². The lowest BCUT2D eigenvalue weighted by Gasteiger charge is -2.23. The number of halogens is 3. The van der Waals surface area contributed by atoms with Crippen LogP contribution in [0, 0.1) is 0 Å². The normalized spacial score (nSPS) is 11.6. The van der Waals surface area contributed by atoms with E-state index in [1.807, 2.05) is 12.1 Å². The van der Waals surface area contributed by atoms with Gasteiger partial charge in [0.2, 0.25) is 0 Å². The molecule has 0 fully saturated rings. The number of nitrogens with zero attached hydrogens (tertiary/aromatic N) is 2. The molecule has 0 radical (unpaired) electrons. The summed E-state index contributed by atoms with van der Waals surface area (Å²) in [6, 6.07) is 10.6. The molecule has 146 valence electrons. The molecular weight excluding hydrogens is 415 g/mol. The molecule has 0 aliphatic rings. The Labute approximate surface area is 173 Å². The Hall–Kier alpha value is -1.54. The number of para-hydroxylation sites is 1. The van der Waals surface area contributed by atoms with Crippen LogP contribution in [0.1, 0.15) is 18.1 Å². The third kappa shape index (κ3) is 6.24. The molecule has 27 heavy (non-hydrogen) atoms. The fraction of sp³-hybridized carbons (Fsp3) is 0.278. The fourth-order valence-corrected chi connectivity index (χ4v) is 3.09. The smallest absolute Gasteiger partial charge is 0.178 e. The second-order valence-corrected chi connectivity index (χ2v) is 6.61. The summed E-state index contributed by atoms with van der Waals surface area (Å²) < 4.78 is 0. The van der Waals surface area contributed by atoms with Crippen LogP contribution in [-0.2, 0) is 26.1 Å². The van der Waals surface area contributed by atoms with Crippen molar-refractivity contribution in [3.05, 3.63) is 62.6 Å². The molecule has 0 spiro atoms. The van der Waals surface area contributed by atoms with Crippen LogP contribution in [0.25, 0.3) is 0 Å². The van der Waals surface area contributed by atoms with Crippen LogP contribution in [-0.4, -0.2) is 26.7 Å². The van der Waals surface area contributed by atoms with Crippen LogP contribution in [0.2, 0.25) is 15.1 Å². The van der Waals surface area contributed by atoms with Gasteiger partial charge < -0.3 is 4.84 Å². The van der Waals surface area contributed by atoms with Gasteiger partial charge in [-0.1, -0.05) is 52.1 Å². The third-order valence-corrected chi connectivity index (χ3v) is 4.27. The molecule has 6 nitrogen and oxygen atoms in total. The second kappa shape index (κ2) is 10.7. The van der Waals surface area contributed by atoms with Crippen molar-refractivity contribution in [3.8, 4) is 0 Å². The van der Waals surface area contributed by atoms with Crippen molar-refractivity contribution >= 4 is 46.2 Å². The van der Waals surface area contributed by atoms with E-state index in [4.69, 9.17) is 49.4 Å².